The lowest BCUT2D eigenvalue weighted by molar-refractivity contribution is -0.386. The lowest BCUT2D eigenvalue weighted by Gasteiger charge is -2.26. The van der Waals surface area contributed by atoms with Crippen LogP contribution in [0.1, 0.15) is 50.4 Å². The van der Waals surface area contributed by atoms with Gasteiger partial charge >= 0.3 is 11.7 Å². The van der Waals surface area contributed by atoms with Crippen molar-refractivity contribution in [3.05, 3.63) is 128 Å². The van der Waals surface area contributed by atoms with Crippen molar-refractivity contribution in [3.63, 3.8) is 0 Å². The first-order valence-electron chi connectivity index (χ1n) is 14.3. The lowest BCUT2D eigenvalue weighted by Crippen LogP contribution is -2.40. The van der Waals surface area contributed by atoms with Gasteiger partial charge in [-0.05, 0) is 85.1 Å². The molecule has 0 fully saturated rings. The molecule has 0 saturated heterocycles. The fraction of sp³-hybridized carbons (Fsp3) is 0.242. The molecule has 2 heterocycles. The molecule has 1 aliphatic heterocycles. The van der Waals surface area contributed by atoms with Crippen molar-refractivity contribution in [2.75, 3.05) is 6.61 Å². The molecule has 13 heteroatoms. The zero-order valence-corrected chi connectivity index (χ0v) is 28.4. The lowest BCUT2D eigenvalue weighted by atomic mass is 9.95. The Morgan fingerprint density at radius 3 is 2.65 bits per heavy atom. The van der Waals surface area contributed by atoms with Crippen LogP contribution in [-0.4, -0.2) is 28.2 Å². The highest BCUT2D eigenvalue weighted by Gasteiger charge is 2.35. The summed E-state index contributed by atoms with van der Waals surface area (Å²) in [7, 11) is 0. The monoisotopic (exact) mass is 725 g/mol. The number of hydrogen-bond donors (Lipinski definition) is 0. The van der Waals surface area contributed by atoms with Crippen molar-refractivity contribution < 1.29 is 23.9 Å². The van der Waals surface area contributed by atoms with Crippen molar-refractivity contribution in [1.82, 2.24) is 4.57 Å². The number of halogens is 2. The first-order chi connectivity index (χ1) is 22.0. The van der Waals surface area contributed by atoms with Crippen LogP contribution in [0.3, 0.4) is 0 Å². The third-order valence-electron chi connectivity index (χ3n) is 6.91. The maximum Gasteiger partial charge on any atom is 0.338 e. The minimum Gasteiger partial charge on any atom is -0.491 e. The highest BCUT2D eigenvalue weighted by atomic mass is 79.9. The number of carbonyl (C=O) groups excluding carboxylic acids is 1. The van der Waals surface area contributed by atoms with E-state index in [1.807, 2.05) is 26.0 Å². The maximum atomic E-state index is 14.1. The Kier molecular flexibility index (Phi) is 10.1. The van der Waals surface area contributed by atoms with Crippen molar-refractivity contribution >= 4 is 56.6 Å². The number of nitro groups is 1. The molecule has 0 spiro atoms. The Labute approximate surface area is 281 Å². The first kappa shape index (κ1) is 33.1. The second kappa shape index (κ2) is 14.0. The topological polar surface area (TPSA) is 122 Å². The van der Waals surface area contributed by atoms with Crippen LogP contribution in [-0.2, 0) is 16.1 Å². The van der Waals surface area contributed by atoms with Gasteiger partial charge in [0.1, 0.15) is 18.4 Å². The number of nitrogens with zero attached hydrogens (tertiary/aromatic N) is 3. The number of hydrogen-bond acceptors (Lipinski definition) is 9. The summed E-state index contributed by atoms with van der Waals surface area (Å²) in [4.78, 5) is 43.9. The normalized spacial score (nSPS) is 14.6. The molecule has 0 unspecified atom stereocenters. The van der Waals surface area contributed by atoms with Gasteiger partial charge in [-0.25, -0.2) is 9.79 Å². The predicted molar refractivity (Wildman–Crippen MR) is 179 cm³/mol. The Balaban J connectivity index is 1.63. The summed E-state index contributed by atoms with van der Waals surface area (Å²) in [6, 6.07) is 16.3. The number of ether oxygens (including phenoxy) is 3. The van der Waals surface area contributed by atoms with E-state index in [1.165, 1.54) is 10.6 Å². The van der Waals surface area contributed by atoms with Crippen LogP contribution in [0.2, 0.25) is 5.02 Å². The van der Waals surface area contributed by atoms with Gasteiger partial charge in [0.05, 0.1) is 37.9 Å². The largest absolute Gasteiger partial charge is 0.491 e. The molecule has 238 valence electrons. The number of allylic oxidation sites excluding steroid dienone is 1. The molecule has 0 bridgehead atoms. The third kappa shape index (κ3) is 6.93. The zero-order chi connectivity index (χ0) is 33.1. The number of carbonyl (C=O) groups is 1. The van der Waals surface area contributed by atoms with Crippen LogP contribution in [0.25, 0.3) is 6.08 Å². The van der Waals surface area contributed by atoms with E-state index in [0.29, 0.717) is 36.9 Å². The number of fused-ring (bicyclic) bond motifs is 1. The van der Waals surface area contributed by atoms with E-state index in [1.54, 1.807) is 62.4 Å². The van der Waals surface area contributed by atoms with Gasteiger partial charge in [-0.15, -0.1) is 0 Å². The highest BCUT2D eigenvalue weighted by molar-refractivity contribution is 9.10. The molecule has 0 saturated carbocycles. The van der Waals surface area contributed by atoms with Crippen LogP contribution < -0.4 is 24.4 Å². The summed E-state index contributed by atoms with van der Waals surface area (Å²) >= 11 is 10.6. The molecule has 4 aromatic rings. The zero-order valence-electron chi connectivity index (χ0n) is 25.3. The van der Waals surface area contributed by atoms with Crippen LogP contribution in [0.4, 0.5) is 5.69 Å². The van der Waals surface area contributed by atoms with Gasteiger partial charge < -0.3 is 14.2 Å². The number of nitro benzene ring substituents is 1. The molecule has 1 atom stereocenters. The van der Waals surface area contributed by atoms with Crippen molar-refractivity contribution in [1.29, 1.82) is 0 Å². The SMILES string of the molecule is CCOC(=O)C1=C(C)N=c2s/c(=C\c3cc(Br)c(OCc4cccc(Cl)c4)c([N+](=O)[O-])c3)c(=O)n2[C@H]1c1ccccc1OC(C)C. The standard InChI is InChI=1S/C33H29BrClN3O7S/c1-5-43-32(40)28-19(4)36-33-37(29(28)23-11-6-7-12-26(23)45-18(2)3)31(39)27(46-33)16-21-14-24(34)30(25(15-21)38(41)42)44-17-20-9-8-10-22(35)13-20/h6-16,18,29H,5,17H2,1-4H3/b27-16-/t29-/m0/s1. The van der Waals surface area contributed by atoms with E-state index in [9.17, 15) is 19.7 Å². The van der Waals surface area contributed by atoms with Gasteiger partial charge in [0.15, 0.2) is 4.80 Å². The van der Waals surface area contributed by atoms with E-state index >= 15 is 0 Å². The van der Waals surface area contributed by atoms with E-state index in [4.69, 9.17) is 25.8 Å². The Morgan fingerprint density at radius 2 is 1.96 bits per heavy atom. The number of aromatic nitrogens is 1. The van der Waals surface area contributed by atoms with Crippen molar-refractivity contribution in [3.8, 4) is 11.5 Å². The molecule has 5 rings (SSSR count). The molecule has 10 nitrogen and oxygen atoms in total. The highest BCUT2D eigenvalue weighted by Crippen LogP contribution is 2.38. The number of rotatable bonds is 10. The quantitative estimate of drug-likeness (QED) is 0.104. The third-order valence-corrected chi connectivity index (χ3v) is 8.71. The average Bonchev–Trinajstić information content (AvgIpc) is 3.29. The molecule has 0 radical (unpaired) electrons. The van der Waals surface area contributed by atoms with E-state index in [2.05, 4.69) is 20.9 Å². The minimum absolute atomic E-state index is 0.0417. The Bertz CT molecular complexity index is 2050. The predicted octanol–water partition coefficient (Wildman–Crippen LogP) is 6.49. The maximum absolute atomic E-state index is 14.1. The molecular formula is C33H29BrClN3O7S. The van der Waals surface area contributed by atoms with Crippen LogP contribution in [0, 0.1) is 10.1 Å². The fourth-order valence-electron chi connectivity index (χ4n) is 5.05. The van der Waals surface area contributed by atoms with Gasteiger partial charge in [0, 0.05) is 16.7 Å². The van der Waals surface area contributed by atoms with Gasteiger partial charge in [-0.2, -0.15) is 0 Å². The van der Waals surface area contributed by atoms with Crippen LogP contribution >= 0.6 is 38.9 Å². The van der Waals surface area contributed by atoms with Crippen LogP contribution in [0.5, 0.6) is 11.5 Å². The van der Waals surface area contributed by atoms with Crippen molar-refractivity contribution in [2.45, 2.75) is 46.4 Å². The second-order valence-corrected chi connectivity index (χ2v) is 12.8. The van der Waals surface area contributed by atoms with Crippen LogP contribution in [0.15, 0.2) is 86.2 Å². The van der Waals surface area contributed by atoms with Gasteiger partial charge in [0.25, 0.3) is 5.56 Å². The summed E-state index contributed by atoms with van der Waals surface area (Å²) in [6.07, 6.45) is 1.39. The smallest absolute Gasteiger partial charge is 0.338 e. The molecule has 3 aromatic carbocycles. The molecule has 0 amide bonds. The molecule has 46 heavy (non-hydrogen) atoms. The van der Waals surface area contributed by atoms with E-state index in [-0.39, 0.29) is 40.9 Å². The number of esters is 1. The minimum atomic E-state index is -0.879. The number of para-hydroxylation sites is 1. The van der Waals surface area contributed by atoms with Gasteiger partial charge in [0.2, 0.25) is 5.75 Å². The summed E-state index contributed by atoms with van der Waals surface area (Å²) in [5.74, 6) is -0.0307. The summed E-state index contributed by atoms with van der Waals surface area (Å²) in [5.41, 5.74) is 1.65. The Hall–Kier alpha value is -4.26. The number of benzene rings is 3. The van der Waals surface area contributed by atoms with Gasteiger partial charge in [-0.3, -0.25) is 19.5 Å². The molecule has 0 aliphatic carbocycles. The summed E-state index contributed by atoms with van der Waals surface area (Å²) in [6.45, 7) is 7.38. The molecule has 0 N–H and O–H groups in total. The first-order valence-corrected chi connectivity index (χ1v) is 16.3. The summed E-state index contributed by atoms with van der Waals surface area (Å²) < 4.78 is 19.3. The Morgan fingerprint density at radius 1 is 1.20 bits per heavy atom. The average molecular weight is 727 g/mol. The molecular weight excluding hydrogens is 698 g/mol. The second-order valence-electron chi connectivity index (χ2n) is 10.5. The van der Waals surface area contributed by atoms with Crippen molar-refractivity contribution in [2.24, 2.45) is 4.99 Å². The summed E-state index contributed by atoms with van der Waals surface area (Å²) in [5, 5.41) is 12.6. The van der Waals surface area contributed by atoms with E-state index in [0.717, 1.165) is 16.9 Å². The van der Waals surface area contributed by atoms with Gasteiger partial charge in [-0.1, -0.05) is 53.3 Å². The van der Waals surface area contributed by atoms with E-state index < -0.39 is 22.5 Å². The molecule has 1 aliphatic rings. The molecule has 1 aromatic heterocycles. The number of thiazole rings is 1. The fourth-order valence-corrected chi connectivity index (χ4v) is 6.89.